The Morgan fingerprint density at radius 1 is 0.800 bits per heavy atom. The largest absolute Gasteiger partial charge is 0.363 e. The van der Waals surface area contributed by atoms with Crippen LogP contribution in [-0.4, -0.2) is 76.0 Å². The smallest absolute Gasteiger partial charge is 0.316 e. The molecular formula is C33H50N6O6. The molecule has 12 nitrogen and oxygen atoms in total. The van der Waals surface area contributed by atoms with Gasteiger partial charge in [0, 0.05) is 19.6 Å². The molecule has 1 fully saturated rings. The van der Waals surface area contributed by atoms with Gasteiger partial charge in [-0.25, -0.2) is 4.79 Å². The minimum absolute atomic E-state index is 0.00577. The lowest BCUT2D eigenvalue weighted by molar-refractivity contribution is -0.143. The summed E-state index contributed by atoms with van der Waals surface area (Å²) in [6, 6.07) is 3.18. The average molecular weight is 627 g/mol. The lowest BCUT2D eigenvalue weighted by Gasteiger charge is -2.37. The topological polar surface area (TPSA) is 171 Å². The van der Waals surface area contributed by atoms with Gasteiger partial charge in [0.05, 0.1) is 6.04 Å². The molecule has 0 radical (unpaired) electrons. The van der Waals surface area contributed by atoms with Crippen LogP contribution in [0, 0.1) is 22.7 Å². The van der Waals surface area contributed by atoms with Crippen molar-refractivity contribution < 1.29 is 28.8 Å². The van der Waals surface area contributed by atoms with Gasteiger partial charge in [-0.05, 0) is 47.1 Å². The molecule has 0 bridgehead atoms. The number of likely N-dealkylation sites (tertiary alicyclic amines) is 1. The zero-order valence-corrected chi connectivity index (χ0v) is 28.0. The molecule has 1 aromatic carbocycles. The third-order valence-electron chi connectivity index (χ3n) is 8.79. The van der Waals surface area contributed by atoms with E-state index < -0.39 is 64.5 Å². The number of fused-ring (bicyclic) bond motifs is 1. The van der Waals surface area contributed by atoms with Crippen LogP contribution in [0.3, 0.4) is 0 Å². The molecule has 0 spiro atoms. The second-order valence-corrected chi connectivity index (χ2v) is 14.9. The maximum Gasteiger partial charge on any atom is 0.316 e. The van der Waals surface area contributed by atoms with Crippen molar-refractivity contribution in [3.63, 3.8) is 0 Å². The van der Waals surface area contributed by atoms with E-state index in [4.69, 9.17) is 5.73 Å². The average Bonchev–Trinajstić information content (AvgIpc) is 3.57. The molecule has 0 aromatic heterocycles. The molecule has 0 saturated carbocycles. The number of benzene rings is 1. The Morgan fingerprint density at radius 2 is 1.29 bits per heavy atom. The lowest BCUT2D eigenvalue weighted by Crippen LogP contribution is -2.62. The van der Waals surface area contributed by atoms with Gasteiger partial charge in [-0.15, -0.1) is 0 Å². The Labute approximate surface area is 266 Å². The zero-order chi connectivity index (χ0) is 34.0. The van der Waals surface area contributed by atoms with Crippen LogP contribution in [0.2, 0.25) is 0 Å². The first-order chi connectivity index (χ1) is 20.7. The monoisotopic (exact) mass is 626 g/mol. The molecule has 1 aromatic rings. The number of nitrogens with two attached hydrogens (primary N) is 1. The van der Waals surface area contributed by atoms with Crippen LogP contribution in [0.15, 0.2) is 24.3 Å². The normalized spacial score (nSPS) is 20.2. The Hall–Kier alpha value is -3.96. The molecule has 2 aliphatic heterocycles. The molecule has 248 valence electrons. The quantitative estimate of drug-likeness (QED) is 0.306. The summed E-state index contributed by atoms with van der Waals surface area (Å²) in [7, 11) is 0. The van der Waals surface area contributed by atoms with Crippen molar-refractivity contribution in [2.45, 2.75) is 106 Å². The van der Waals surface area contributed by atoms with Gasteiger partial charge in [-0.3, -0.25) is 24.0 Å². The number of hydrogen-bond donors (Lipinski definition) is 4. The summed E-state index contributed by atoms with van der Waals surface area (Å²) in [6.07, 6.45) is 0.356. The van der Waals surface area contributed by atoms with Gasteiger partial charge in [0.25, 0.3) is 5.91 Å². The molecule has 6 amide bonds. The second kappa shape index (κ2) is 13.6. The minimum atomic E-state index is -1.16. The summed E-state index contributed by atoms with van der Waals surface area (Å²) in [5.74, 6) is -3.20. The first kappa shape index (κ1) is 35.5. The zero-order valence-electron chi connectivity index (χ0n) is 28.0. The number of hydrogen-bond acceptors (Lipinski definition) is 6. The van der Waals surface area contributed by atoms with Crippen LogP contribution < -0.4 is 21.7 Å². The van der Waals surface area contributed by atoms with Crippen molar-refractivity contribution >= 4 is 35.4 Å². The number of carbonyl (C=O) groups is 6. The molecule has 2 aliphatic rings. The maximum atomic E-state index is 14.2. The molecule has 45 heavy (non-hydrogen) atoms. The Bertz CT molecular complexity index is 1300. The molecule has 5 atom stereocenters. The molecule has 1 saturated heterocycles. The summed E-state index contributed by atoms with van der Waals surface area (Å²) < 4.78 is 0. The van der Waals surface area contributed by atoms with Gasteiger partial charge in [0.15, 0.2) is 0 Å². The highest BCUT2D eigenvalue weighted by atomic mass is 16.2. The van der Waals surface area contributed by atoms with E-state index in [-0.39, 0.29) is 24.3 Å². The number of nitrogens with one attached hydrogen (secondary N) is 3. The van der Waals surface area contributed by atoms with Crippen molar-refractivity contribution in [1.82, 2.24) is 25.8 Å². The lowest BCUT2D eigenvalue weighted by atomic mass is 9.85. The second-order valence-electron chi connectivity index (χ2n) is 14.9. The molecular weight excluding hydrogens is 576 g/mol. The highest BCUT2D eigenvalue weighted by Gasteiger charge is 2.46. The van der Waals surface area contributed by atoms with Gasteiger partial charge >= 0.3 is 6.03 Å². The third kappa shape index (κ3) is 8.40. The first-order valence-electron chi connectivity index (χ1n) is 15.6. The van der Waals surface area contributed by atoms with E-state index in [1.165, 1.54) is 11.8 Å². The molecule has 4 unspecified atom stereocenters. The molecule has 0 aliphatic carbocycles. The highest BCUT2D eigenvalue weighted by Crippen LogP contribution is 2.32. The van der Waals surface area contributed by atoms with Gasteiger partial charge in [0.1, 0.15) is 18.1 Å². The number of primary amides is 1. The van der Waals surface area contributed by atoms with Crippen molar-refractivity contribution in [2.24, 2.45) is 28.4 Å². The van der Waals surface area contributed by atoms with Crippen molar-refractivity contribution in [2.75, 3.05) is 6.54 Å². The predicted molar refractivity (Wildman–Crippen MR) is 169 cm³/mol. The predicted octanol–water partition coefficient (Wildman–Crippen LogP) is 2.09. The fraction of sp³-hybridized carbons (Fsp3) is 0.636. The number of urea groups is 1. The van der Waals surface area contributed by atoms with E-state index in [0.717, 1.165) is 11.1 Å². The van der Waals surface area contributed by atoms with Crippen LogP contribution in [-0.2, 0) is 37.1 Å². The third-order valence-corrected chi connectivity index (χ3v) is 8.79. The van der Waals surface area contributed by atoms with Gasteiger partial charge in [0.2, 0.25) is 23.5 Å². The SMILES string of the molecule is CC(NC(=O)C1C[C@@H](C(C)C)CN1C(=O)C(NC(=O)NC(C(=O)N1Cc2ccccc2C1)C(C)(C)C)C(C)(C)C)C(=O)C(N)=O. The number of ketones is 1. The summed E-state index contributed by atoms with van der Waals surface area (Å²) in [5.41, 5.74) is 5.84. The van der Waals surface area contributed by atoms with E-state index in [1.807, 2.05) is 79.7 Å². The van der Waals surface area contributed by atoms with Crippen LogP contribution >= 0.6 is 0 Å². The molecule has 2 heterocycles. The Balaban J connectivity index is 1.80. The van der Waals surface area contributed by atoms with Crippen LogP contribution in [0.5, 0.6) is 0 Å². The number of nitrogens with zero attached hydrogens (tertiary/aromatic N) is 2. The van der Waals surface area contributed by atoms with Crippen molar-refractivity contribution in [3.05, 3.63) is 35.4 Å². The molecule has 5 N–H and O–H groups in total. The van der Waals surface area contributed by atoms with Crippen LogP contribution in [0.4, 0.5) is 4.79 Å². The highest BCUT2D eigenvalue weighted by molar-refractivity contribution is 6.37. The summed E-state index contributed by atoms with van der Waals surface area (Å²) in [6.45, 7) is 17.6. The van der Waals surface area contributed by atoms with E-state index >= 15 is 0 Å². The van der Waals surface area contributed by atoms with Crippen molar-refractivity contribution in [3.8, 4) is 0 Å². The van der Waals surface area contributed by atoms with E-state index in [1.54, 1.807) is 4.90 Å². The van der Waals surface area contributed by atoms with Crippen LogP contribution in [0.25, 0.3) is 0 Å². The first-order valence-corrected chi connectivity index (χ1v) is 15.6. The number of rotatable bonds is 9. The van der Waals surface area contributed by atoms with Crippen LogP contribution in [0.1, 0.15) is 79.9 Å². The summed E-state index contributed by atoms with van der Waals surface area (Å²) in [5, 5.41) is 8.19. The van der Waals surface area contributed by atoms with E-state index in [2.05, 4.69) is 16.0 Å². The number of Topliss-reactive ketones (excluding diaryl/α,β-unsaturated/α-hetero) is 1. The fourth-order valence-corrected chi connectivity index (χ4v) is 5.87. The van der Waals surface area contributed by atoms with Gasteiger partial charge in [-0.1, -0.05) is 79.7 Å². The van der Waals surface area contributed by atoms with E-state index in [0.29, 0.717) is 19.5 Å². The maximum absolute atomic E-state index is 14.2. The van der Waals surface area contributed by atoms with Gasteiger partial charge in [-0.2, -0.15) is 0 Å². The minimum Gasteiger partial charge on any atom is -0.363 e. The Morgan fingerprint density at radius 3 is 1.73 bits per heavy atom. The van der Waals surface area contributed by atoms with Gasteiger partial charge < -0.3 is 31.5 Å². The van der Waals surface area contributed by atoms with Crippen molar-refractivity contribution in [1.29, 1.82) is 0 Å². The molecule has 3 rings (SSSR count). The summed E-state index contributed by atoms with van der Waals surface area (Å²) in [4.78, 5) is 81.4. The Kier molecular flexibility index (Phi) is 10.7. The van der Waals surface area contributed by atoms with E-state index in [9.17, 15) is 28.8 Å². The number of carbonyl (C=O) groups excluding carboxylic acids is 6. The number of amides is 6. The summed E-state index contributed by atoms with van der Waals surface area (Å²) >= 11 is 0. The standard InChI is InChI=1S/C33H50N6O6/c1-18(2)22-14-23(28(42)35-19(3)24(40)27(34)41)39(17-22)30(44)26(33(7,8)9)37-31(45)36-25(32(4,5)6)29(43)38-15-20-12-10-11-13-21(20)16-38/h10-13,18-19,22-23,25-26H,14-17H2,1-9H3,(H2,34,41)(H,35,42)(H2,36,37,45)/t19?,22-,23?,25?,26?/m1/s1. The molecule has 12 heteroatoms. The fourth-order valence-electron chi connectivity index (χ4n) is 5.87.